The molecule has 1 N–H and O–H groups in total. The van der Waals surface area contributed by atoms with Crippen molar-refractivity contribution in [3.8, 4) is 0 Å². The van der Waals surface area contributed by atoms with Gasteiger partial charge >= 0.3 is 0 Å². The second kappa shape index (κ2) is 5.85. The fraction of sp³-hybridized carbons (Fsp3) is 0.0455. The average Bonchev–Trinajstić information content (AvgIpc) is 3.07. The van der Waals surface area contributed by atoms with E-state index in [2.05, 4.69) is 34.2 Å². The van der Waals surface area contributed by atoms with Crippen LogP contribution in [0, 0.1) is 5.82 Å². The molecule has 3 nitrogen and oxygen atoms in total. The number of benzene rings is 3. The van der Waals surface area contributed by atoms with Crippen LogP contribution >= 0.6 is 0 Å². The van der Waals surface area contributed by atoms with Crippen LogP contribution in [0.25, 0.3) is 16.7 Å². The molecule has 0 saturated heterocycles. The SMILES string of the molecule is Fc1ccc(C2=C[C@H](c3ccccc3)n3c(nc4ccccc43)N2)cc1. The zero-order chi connectivity index (χ0) is 17.5. The lowest BCUT2D eigenvalue weighted by molar-refractivity contribution is 0.627. The molecule has 1 aliphatic heterocycles. The summed E-state index contributed by atoms with van der Waals surface area (Å²) in [5.41, 5.74) is 5.08. The molecule has 5 rings (SSSR count). The Kier molecular flexibility index (Phi) is 3.35. The summed E-state index contributed by atoms with van der Waals surface area (Å²) in [4.78, 5) is 4.76. The van der Waals surface area contributed by atoms with Gasteiger partial charge in [0.05, 0.1) is 17.1 Å². The van der Waals surface area contributed by atoms with Gasteiger partial charge in [-0.15, -0.1) is 0 Å². The van der Waals surface area contributed by atoms with E-state index in [1.54, 1.807) is 12.1 Å². The highest BCUT2D eigenvalue weighted by Gasteiger charge is 2.25. The Bertz CT molecular complexity index is 1110. The number of nitrogens with zero attached hydrogens (tertiary/aromatic N) is 2. The van der Waals surface area contributed by atoms with Crippen LogP contribution in [-0.2, 0) is 0 Å². The Morgan fingerprint density at radius 3 is 2.38 bits per heavy atom. The molecule has 126 valence electrons. The van der Waals surface area contributed by atoms with E-state index in [1.807, 2.05) is 36.4 Å². The fourth-order valence-corrected chi connectivity index (χ4v) is 3.50. The number of imidazole rings is 1. The molecular formula is C22H16FN3. The molecule has 0 amide bonds. The summed E-state index contributed by atoms with van der Waals surface area (Å²) in [6, 6.07) is 25.0. The quantitative estimate of drug-likeness (QED) is 0.541. The lowest BCUT2D eigenvalue weighted by Gasteiger charge is -2.26. The predicted octanol–water partition coefficient (Wildman–Crippen LogP) is 5.23. The van der Waals surface area contributed by atoms with Crippen molar-refractivity contribution in [3.05, 3.63) is 102 Å². The van der Waals surface area contributed by atoms with Crippen LogP contribution in [-0.4, -0.2) is 9.55 Å². The molecule has 0 spiro atoms. The molecule has 26 heavy (non-hydrogen) atoms. The Labute approximate surface area is 150 Å². The third kappa shape index (κ3) is 2.39. The number of hydrogen-bond donors (Lipinski definition) is 1. The van der Waals surface area contributed by atoms with E-state index in [9.17, 15) is 4.39 Å². The van der Waals surface area contributed by atoms with Crippen LogP contribution in [0.2, 0.25) is 0 Å². The van der Waals surface area contributed by atoms with Gasteiger partial charge in [0.2, 0.25) is 5.95 Å². The van der Waals surface area contributed by atoms with Crippen molar-refractivity contribution in [1.29, 1.82) is 0 Å². The minimum atomic E-state index is -0.239. The molecule has 3 aromatic carbocycles. The van der Waals surface area contributed by atoms with Crippen LogP contribution in [0.5, 0.6) is 0 Å². The zero-order valence-electron chi connectivity index (χ0n) is 13.9. The summed E-state index contributed by atoms with van der Waals surface area (Å²) in [7, 11) is 0. The summed E-state index contributed by atoms with van der Waals surface area (Å²) in [6.07, 6.45) is 2.17. The van der Waals surface area contributed by atoms with Gasteiger partial charge in [-0.1, -0.05) is 42.5 Å². The average molecular weight is 341 g/mol. The lowest BCUT2D eigenvalue weighted by atomic mass is 10.0. The van der Waals surface area contributed by atoms with Crippen LogP contribution in [0.3, 0.4) is 0 Å². The standard InChI is InChI=1S/C22H16FN3/c23-17-12-10-15(11-13-17)19-14-21(16-6-2-1-3-7-16)26-20-9-5-4-8-18(20)24-22(26)25-19/h1-14,21H,(H,24,25)/t21-/m1/s1. The number of fused-ring (bicyclic) bond motifs is 3. The van der Waals surface area contributed by atoms with E-state index in [4.69, 9.17) is 4.98 Å². The van der Waals surface area contributed by atoms with Crippen LogP contribution in [0.4, 0.5) is 10.3 Å². The Hall–Kier alpha value is -3.40. The largest absolute Gasteiger partial charge is 0.325 e. The lowest BCUT2D eigenvalue weighted by Crippen LogP contribution is -2.19. The fourth-order valence-electron chi connectivity index (χ4n) is 3.50. The summed E-state index contributed by atoms with van der Waals surface area (Å²) in [5, 5.41) is 3.41. The molecule has 0 fully saturated rings. The molecular weight excluding hydrogens is 325 g/mol. The van der Waals surface area contributed by atoms with Crippen molar-refractivity contribution < 1.29 is 4.39 Å². The van der Waals surface area contributed by atoms with E-state index in [0.29, 0.717) is 0 Å². The molecule has 4 aromatic rings. The second-order valence-electron chi connectivity index (χ2n) is 6.36. The predicted molar refractivity (Wildman–Crippen MR) is 102 cm³/mol. The van der Waals surface area contributed by atoms with Gasteiger partial charge in [0.15, 0.2) is 0 Å². The second-order valence-corrected chi connectivity index (χ2v) is 6.36. The number of aromatic nitrogens is 2. The maximum Gasteiger partial charge on any atom is 0.209 e. The van der Waals surface area contributed by atoms with E-state index < -0.39 is 0 Å². The van der Waals surface area contributed by atoms with Gasteiger partial charge in [-0.25, -0.2) is 9.37 Å². The zero-order valence-corrected chi connectivity index (χ0v) is 13.9. The summed E-state index contributed by atoms with van der Waals surface area (Å²) >= 11 is 0. The maximum absolute atomic E-state index is 13.3. The van der Waals surface area contributed by atoms with Crippen molar-refractivity contribution in [2.75, 3.05) is 5.32 Å². The topological polar surface area (TPSA) is 29.9 Å². The molecule has 1 aliphatic rings. The van der Waals surface area contributed by atoms with Crippen molar-refractivity contribution >= 4 is 22.7 Å². The molecule has 1 atom stereocenters. The van der Waals surface area contributed by atoms with Crippen molar-refractivity contribution in [1.82, 2.24) is 9.55 Å². The number of rotatable bonds is 2. The highest BCUT2D eigenvalue weighted by molar-refractivity contribution is 5.85. The van der Waals surface area contributed by atoms with Gasteiger partial charge in [0.1, 0.15) is 5.82 Å². The minimum Gasteiger partial charge on any atom is -0.325 e. The van der Waals surface area contributed by atoms with Crippen molar-refractivity contribution in [2.45, 2.75) is 6.04 Å². The molecule has 0 radical (unpaired) electrons. The Balaban J connectivity index is 1.72. The van der Waals surface area contributed by atoms with Gasteiger partial charge in [-0.05, 0) is 53.6 Å². The van der Waals surface area contributed by atoms with E-state index in [-0.39, 0.29) is 11.9 Å². The Morgan fingerprint density at radius 1 is 0.846 bits per heavy atom. The number of allylic oxidation sites excluding steroid dienone is 1. The molecule has 0 saturated carbocycles. The summed E-state index contributed by atoms with van der Waals surface area (Å²) in [5.74, 6) is 0.555. The number of hydrogen-bond acceptors (Lipinski definition) is 2. The number of halogens is 1. The molecule has 2 heterocycles. The van der Waals surface area contributed by atoms with Gasteiger partial charge in [0, 0.05) is 5.70 Å². The molecule has 4 heteroatoms. The number of nitrogens with one attached hydrogen (secondary N) is 1. The van der Waals surface area contributed by atoms with E-state index in [0.717, 1.165) is 28.2 Å². The monoisotopic (exact) mass is 341 g/mol. The third-order valence-electron chi connectivity index (χ3n) is 4.74. The van der Waals surface area contributed by atoms with Gasteiger partial charge in [-0.3, -0.25) is 4.57 Å². The molecule has 1 aromatic heterocycles. The van der Waals surface area contributed by atoms with Gasteiger partial charge in [-0.2, -0.15) is 0 Å². The molecule has 0 bridgehead atoms. The van der Waals surface area contributed by atoms with E-state index >= 15 is 0 Å². The van der Waals surface area contributed by atoms with Gasteiger partial charge < -0.3 is 5.32 Å². The smallest absolute Gasteiger partial charge is 0.209 e. The van der Waals surface area contributed by atoms with Crippen LogP contribution < -0.4 is 5.32 Å². The molecule has 0 unspecified atom stereocenters. The normalized spacial score (nSPS) is 16.0. The first-order valence-corrected chi connectivity index (χ1v) is 8.56. The first kappa shape index (κ1) is 14.9. The highest BCUT2D eigenvalue weighted by atomic mass is 19.1. The minimum absolute atomic E-state index is 0.0138. The van der Waals surface area contributed by atoms with Crippen molar-refractivity contribution in [3.63, 3.8) is 0 Å². The van der Waals surface area contributed by atoms with Crippen molar-refractivity contribution in [2.24, 2.45) is 0 Å². The maximum atomic E-state index is 13.3. The van der Waals surface area contributed by atoms with Crippen LogP contribution in [0.15, 0.2) is 84.9 Å². The Morgan fingerprint density at radius 2 is 1.58 bits per heavy atom. The van der Waals surface area contributed by atoms with E-state index in [1.165, 1.54) is 17.7 Å². The number of para-hydroxylation sites is 2. The number of anilines is 1. The summed E-state index contributed by atoms with van der Waals surface area (Å²) < 4.78 is 15.5. The van der Waals surface area contributed by atoms with Crippen LogP contribution in [0.1, 0.15) is 17.2 Å². The highest BCUT2D eigenvalue weighted by Crippen LogP contribution is 2.36. The summed E-state index contributed by atoms with van der Waals surface area (Å²) in [6.45, 7) is 0. The first-order valence-electron chi connectivity index (χ1n) is 8.56. The first-order chi connectivity index (χ1) is 12.8. The molecule has 0 aliphatic carbocycles. The third-order valence-corrected chi connectivity index (χ3v) is 4.74. The van der Waals surface area contributed by atoms with Gasteiger partial charge in [0.25, 0.3) is 0 Å².